The number of fused-ring (bicyclic) bond motifs is 5. The molecule has 0 atom stereocenters. The highest BCUT2D eigenvalue weighted by Crippen LogP contribution is 2.51. The third-order valence-corrected chi connectivity index (χ3v) is 5.79. The maximum Gasteiger partial charge on any atom is 0.0456 e. The lowest BCUT2D eigenvalue weighted by Gasteiger charge is -2.41. The van der Waals surface area contributed by atoms with Crippen molar-refractivity contribution in [1.82, 2.24) is 0 Å². The van der Waals surface area contributed by atoms with E-state index in [0.29, 0.717) is 0 Å². The van der Waals surface area contributed by atoms with Crippen LogP contribution in [0, 0.1) is 0 Å². The molecule has 25 heavy (non-hydrogen) atoms. The molecule has 122 valence electrons. The first-order valence-corrected chi connectivity index (χ1v) is 8.86. The van der Waals surface area contributed by atoms with Crippen LogP contribution < -0.4 is 4.90 Å². The minimum atomic E-state index is -0.0396. The van der Waals surface area contributed by atoms with Gasteiger partial charge in [0.2, 0.25) is 0 Å². The molecular formula is C24H21N. The molecule has 1 heterocycles. The quantitative estimate of drug-likeness (QED) is 0.362. The molecule has 0 saturated heterocycles. The summed E-state index contributed by atoms with van der Waals surface area (Å²) >= 11 is 0. The Labute approximate surface area is 148 Å². The second-order valence-electron chi connectivity index (χ2n) is 7.58. The molecule has 0 aromatic heterocycles. The van der Waals surface area contributed by atoms with Crippen LogP contribution in [0.4, 0.5) is 11.4 Å². The third kappa shape index (κ3) is 1.90. The SMILES string of the molecule is CN1c2cc3ccccc3cc2C(C)(C)c2c1ccc1ccccc21. The van der Waals surface area contributed by atoms with E-state index in [2.05, 4.69) is 98.6 Å². The summed E-state index contributed by atoms with van der Waals surface area (Å²) in [7, 11) is 2.19. The van der Waals surface area contributed by atoms with E-state index in [4.69, 9.17) is 0 Å². The average Bonchev–Trinajstić information content (AvgIpc) is 2.64. The van der Waals surface area contributed by atoms with Gasteiger partial charge in [0, 0.05) is 23.8 Å². The van der Waals surface area contributed by atoms with Crippen molar-refractivity contribution < 1.29 is 0 Å². The van der Waals surface area contributed by atoms with Gasteiger partial charge in [-0.3, -0.25) is 0 Å². The first kappa shape index (κ1) is 14.5. The lowest BCUT2D eigenvalue weighted by Crippen LogP contribution is -2.31. The molecule has 0 unspecified atom stereocenters. The van der Waals surface area contributed by atoms with Crippen molar-refractivity contribution >= 4 is 32.9 Å². The summed E-state index contributed by atoms with van der Waals surface area (Å²) in [6.07, 6.45) is 0. The Kier molecular flexibility index (Phi) is 2.82. The number of hydrogen-bond acceptors (Lipinski definition) is 1. The Morgan fingerprint density at radius 2 is 1.32 bits per heavy atom. The predicted molar refractivity (Wildman–Crippen MR) is 108 cm³/mol. The van der Waals surface area contributed by atoms with Crippen LogP contribution in [0.1, 0.15) is 25.0 Å². The van der Waals surface area contributed by atoms with E-state index in [1.165, 1.54) is 44.0 Å². The fourth-order valence-corrected chi connectivity index (χ4v) is 4.47. The predicted octanol–water partition coefficient (Wildman–Crippen LogP) is 6.40. The Bertz CT molecular complexity index is 1140. The lowest BCUT2D eigenvalue weighted by atomic mass is 9.71. The Morgan fingerprint density at radius 3 is 2.08 bits per heavy atom. The molecule has 1 heteroatoms. The van der Waals surface area contributed by atoms with Crippen molar-refractivity contribution in [2.75, 3.05) is 11.9 Å². The molecule has 0 saturated carbocycles. The first-order valence-electron chi connectivity index (χ1n) is 8.86. The normalized spacial score (nSPS) is 15.2. The van der Waals surface area contributed by atoms with Crippen molar-refractivity contribution in [3.05, 3.63) is 83.9 Å². The van der Waals surface area contributed by atoms with Crippen LogP contribution >= 0.6 is 0 Å². The summed E-state index contributed by atoms with van der Waals surface area (Å²) in [4.78, 5) is 2.36. The Hall–Kier alpha value is -2.80. The molecule has 0 aliphatic carbocycles. The highest BCUT2D eigenvalue weighted by atomic mass is 15.1. The molecule has 1 nitrogen and oxygen atoms in total. The summed E-state index contributed by atoms with van der Waals surface area (Å²) in [5, 5.41) is 5.28. The summed E-state index contributed by atoms with van der Waals surface area (Å²) < 4.78 is 0. The molecular weight excluding hydrogens is 302 g/mol. The third-order valence-electron chi connectivity index (χ3n) is 5.79. The zero-order valence-electron chi connectivity index (χ0n) is 14.9. The van der Waals surface area contributed by atoms with Crippen LogP contribution in [0.25, 0.3) is 21.5 Å². The summed E-state index contributed by atoms with van der Waals surface area (Å²) in [5.74, 6) is 0. The van der Waals surface area contributed by atoms with Gasteiger partial charge < -0.3 is 4.90 Å². The van der Waals surface area contributed by atoms with Crippen LogP contribution in [0.3, 0.4) is 0 Å². The molecule has 4 aromatic carbocycles. The van der Waals surface area contributed by atoms with E-state index < -0.39 is 0 Å². The molecule has 4 aromatic rings. The molecule has 0 fully saturated rings. The van der Waals surface area contributed by atoms with E-state index in [-0.39, 0.29) is 5.41 Å². The van der Waals surface area contributed by atoms with Crippen molar-refractivity contribution in [3.63, 3.8) is 0 Å². The van der Waals surface area contributed by atoms with Crippen molar-refractivity contribution in [3.8, 4) is 0 Å². The van der Waals surface area contributed by atoms with E-state index in [1.54, 1.807) is 0 Å². The van der Waals surface area contributed by atoms with Crippen molar-refractivity contribution in [2.45, 2.75) is 19.3 Å². The molecule has 1 aliphatic heterocycles. The maximum absolute atomic E-state index is 2.38. The molecule has 0 spiro atoms. The topological polar surface area (TPSA) is 3.24 Å². The van der Waals surface area contributed by atoms with Gasteiger partial charge in [-0.2, -0.15) is 0 Å². The van der Waals surface area contributed by atoms with Gasteiger partial charge in [-0.1, -0.05) is 68.4 Å². The van der Waals surface area contributed by atoms with Crippen LogP contribution in [-0.4, -0.2) is 7.05 Å². The number of anilines is 2. The van der Waals surface area contributed by atoms with E-state index >= 15 is 0 Å². The lowest BCUT2D eigenvalue weighted by molar-refractivity contribution is 0.637. The second-order valence-corrected chi connectivity index (χ2v) is 7.58. The van der Waals surface area contributed by atoms with Gasteiger partial charge in [-0.05, 0) is 50.9 Å². The average molecular weight is 323 g/mol. The van der Waals surface area contributed by atoms with Crippen LogP contribution in [-0.2, 0) is 5.41 Å². The Balaban J connectivity index is 1.90. The number of rotatable bonds is 0. The molecule has 0 N–H and O–H groups in total. The molecule has 5 rings (SSSR count). The summed E-state index contributed by atoms with van der Waals surface area (Å²) in [6, 6.07) is 26.6. The Morgan fingerprint density at radius 1 is 0.680 bits per heavy atom. The van der Waals surface area contributed by atoms with Crippen LogP contribution in [0.2, 0.25) is 0 Å². The summed E-state index contributed by atoms with van der Waals surface area (Å²) in [6.45, 7) is 4.72. The van der Waals surface area contributed by atoms with Gasteiger partial charge in [0.15, 0.2) is 0 Å². The molecule has 1 aliphatic rings. The van der Waals surface area contributed by atoms with Gasteiger partial charge in [-0.25, -0.2) is 0 Å². The largest absolute Gasteiger partial charge is 0.344 e. The van der Waals surface area contributed by atoms with E-state index in [9.17, 15) is 0 Å². The van der Waals surface area contributed by atoms with Gasteiger partial charge in [0.05, 0.1) is 0 Å². The fraction of sp³-hybridized carbons (Fsp3) is 0.167. The number of nitrogens with zero attached hydrogens (tertiary/aromatic N) is 1. The molecule has 0 bridgehead atoms. The highest BCUT2D eigenvalue weighted by molar-refractivity contribution is 5.98. The molecule has 0 amide bonds. The number of benzene rings is 4. The zero-order valence-corrected chi connectivity index (χ0v) is 14.9. The highest BCUT2D eigenvalue weighted by Gasteiger charge is 2.36. The van der Waals surface area contributed by atoms with Gasteiger partial charge in [0.1, 0.15) is 0 Å². The second kappa shape index (κ2) is 4.86. The monoisotopic (exact) mass is 323 g/mol. The first-order chi connectivity index (χ1) is 12.1. The van der Waals surface area contributed by atoms with Gasteiger partial charge in [-0.15, -0.1) is 0 Å². The van der Waals surface area contributed by atoms with Gasteiger partial charge in [0.25, 0.3) is 0 Å². The number of hydrogen-bond donors (Lipinski definition) is 0. The minimum absolute atomic E-state index is 0.0396. The standard InChI is InChI=1S/C24H21N/c1-24(2)20-14-17-9-4-5-10-18(17)15-22(20)25(3)21-13-12-16-8-6-7-11-19(16)23(21)24/h4-15H,1-3H3. The summed E-state index contributed by atoms with van der Waals surface area (Å²) in [5.41, 5.74) is 5.41. The fourth-order valence-electron chi connectivity index (χ4n) is 4.47. The van der Waals surface area contributed by atoms with Crippen LogP contribution in [0.15, 0.2) is 72.8 Å². The smallest absolute Gasteiger partial charge is 0.0456 e. The van der Waals surface area contributed by atoms with E-state index in [1.807, 2.05) is 0 Å². The zero-order chi connectivity index (χ0) is 17.2. The molecule has 0 radical (unpaired) electrons. The minimum Gasteiger partial charge on any atom is -0.344 e. The van der Waals surface area contributed by atoms with Crippen molar-refractivity contribution in [2.24, 2.45) is 0 Å². The van der Waals surface area contributed by atoms with Crippen molar-refractivity contribution in [1.29, 1.82) is 0 Å². The van der Waals surface area contributed by atoms with Crippen LogP contribution in [0.5, 0.6) is 0 Å². The van der Waals surface area contributed by atoms with Gasteiger partial charge >= 0.3 is 0 Å². The van der Waals surface area contributed by atoms with E-state index in [0.717, 1.165) is 0 Å². The maximum atomic E-state index is 2.38.